The van der Waals surface area contributed by atoms with Gasteiger partial charge in [0.15, 0.2) is 5.13 Å². The number of nitrogens with one attached hydrogen (secondary N) is 2. The lowest BCUT2D eigenvalue weighted by molar-refractivity contribution is -0.128. The number of nitrogens with zero attached hydrogens (tertiary/aromatic N) is 1. The summed E-state index contributed by atoms with van der Waals surface area (Å²) in [5.41, 5.74) is 1.15. The van der Waals surface area contributed by atoms with Crippen LogP contribution in [0.3, 0.4) is 0 Å². The van der Waals surface area contributed by atoms with E-state index in [1.54, 1.807) is 18.3 Å². The number of hydrogen-bond acceptors (Lipinski definition) is 4. The predicted octanol–water partition coefficient (Wildman–Crippen LogP) is 3.68. The molecule has 0 aliphatic heterocycles. The van der Waals surface area contributed by atoms with Crippen LogP contribution >= 0.6 is 11.3 Å². The normalized spacial score (nSPS) is 21.6. The van der Waals surface area contributed by atoms with Gasteiger partial charge in [0.25, 0.3) is 0 Å². The van der Waals surface area contributed by atoms with Gasteiger partial charge in [0.2, 0.25) is 11.8 Å². The molecular formula is C19H29N3O2S. The number of fused-ring (bicyclic) bond motifs is 1. The zero-order chi connectivity index (χ0) is 17.8. The molecule has 0 aromatic carbocycles. The van der Waals surface area contributed by atoms with Crippen molar-refractivity contribution in [1.82, 2.24) is 10.3 Å². The molecule has 0 saturated heterocycles. The van der Waals surface area contributed by atoms with Crippen LogP contribution in [0.5, 0.6) is 0 Å². The Balaban J connectivity index is 1.53. The summed E-state index contributed by atoms with van der Waals surface area (Å²) in [6, 6.07) is -0.526. The molecular weight excluding hydrogens is 334 g/mol. The van der Waals surface area contributed by atoms with Crippen molar-refractivity contribution in [3.05, 3.63) is 10.6 Å². The summed E-state index contributed by atoms with van der Waals surface area (Å²) in [6.07, 6.45) is 9.90. The first kappa shape index (κ1) is 18.4. The highest BCUT2D eigenvalue weighted by molar-refractivity contribution is 7.15. The Labute approximate surface area is 154 Å². The van der Waals surface area contributed by atoms with Gasteiger partial charge in [-0.1, -0.05) is 32.6 Å². The molecule has 2 unspecified atom stereocenters. The Morgan fingerprint density at radius 3 is 2.76 bits per heavy atom. The van der Waals surface area contributed by atoms with E-state index >= 15 is 0 Å². The van der Waals surface area contributed by atoms with E-state index in [2.05, 4.69) is 22.5 Å². The second-order valence-electron chi connectivity index (χ2n) is 7.49. The monoisotopic (exact) mass is 363 g/mol. The fraction of sp³-hybridized carbons (Fsp3) is 0.737. The van der Waals surface area contributed by atoms with Gasteiger partial charge in [0.05, 0.1) is 5.69 Å². The van der Waals surface area contributed by atoms with Crippen LogP contribution in [0, 0.1) is 11.8 Å². The molecule has 5 nitrogen and oxygen atoms in total. The third-order valence-electron chi connectivity index (χ3n) is 5.45. The third-order valence-corrected chi connectivity index (χ3v) is 6.48. The van der Waals surface area contributed by atoms with Crippen molar-refractivity contribution in [1.29, 1.82) is 0 Å². The summed E-state index contributed by atoms with van der Waals surface area (Å²) >= 11 is 1.60. The molecule has 2 N–H and O–H groups in total. The highest BCUT2D eigenvalue weighted by Crippen LogP contribution is 2.34. The van der Waals surface area contributed by atoms with Crippen LogP contribution in [0.1, 0.15) is 69.4 Å². The fourth-order valence-corrected chi connectivity index (χ4v) is 5.08. The van der Waals surface area contributed by atoms with Crippen molar-refractivity contribution in [2.45, 2.75) is 77.7 Å². The number of amides is 2. The van der Waals surface area contributed by atoms with E-state index in [1.165, 1.54) is 24.1 Å². The van der Waals surface area contributed by atoms with Gasteiger partial charge in [-0.25, -0.2) is 4.98 Å². The first-order chi connectivity index (χ1) is 12.1. The standard InChI is InChI=1S/C19H29N3O2S/c1-3-6-13-9-10-15-16(11-13)25-19(21-15)22-17(23)12(2)20-18(24)14-7-4-5-8-14/h12-14H,3-11H2,1-2H3,(H,20,24)(H,21,22,23). The summed E-state index contributed by atoms with van der Waals surface area (Å²) in [5, 5.41) is 6.42. The summed E-state index contributed by atoms with van der Waals surface area (Å²) in [6.45, 7) is 3.97. The van der Waals surface area contributed by atoms with Crippen LogP contribution in [0.15, 0.2) is 0 Å². The molecule has 2 atom stereocenters. The van der Waals surface area contributed by atoms with Crippen LogP contribution in [-0.2, 0) is 22.4 Å². The fourth-order valence-electron chi connectivity index (χ4n) is 3.95. The van der Waals surface area contributed by atoms with E-state index in [0.717, 1.165) is 50.1 Å². The second kappa shape index (κ2) is 8.30. The van der Waals surface area contributed by atoms with Gasteiger partial charge < -0.3 is 10.6 Å². The van der Waals surface area contributed by atoms with Gasteiger partial charge in [-0.15, -0.1) is 11.3 Å². The SMILES string of the molecule is CCCC1CCc2nc(NC(=O)C(C)NC(=O)C3CCCC3)sc2C1. The van der Waals surface area contributed by atoms with E-state index in [-0.39, 0.29) is 17.7 Å². The average molecular weight is 364 g/mol. The highest BCUT2D eigenvalue weighted by Gasteiger charge is 2.27. The van der Waals surface area contributed by atoms with Crippen LogP contribution in [0.25, 0.3) is 0 Å². The molecule has 1 aromatic rings. The zero-order valence-corrected chi connectivity index (χ0v) is 16.1. The number of rotatable bonds is 6. The van der Waals surface area contributed by atoms with E-state index in [1.807, 2.05) is 0 Å². The number of hydrogen-bond donors (Lipinski definition) is 2. The topological polar surface area (TPSA) is 71.1 Å². The molecule has 25 heavy (non-hydrogen) atoms. The summed E-state index contributed by atoms with van der Waals surface area (Å²) in [7, 11) is 0. The van der Waals surface area contributed by atoms with E-state index in [9.17, 15) is 9.59 Å². The zero-order valence-electron chi connectivity index (χ0n) is 15.3. The minimum Gasteiger partial charge on any atom is -0.344 e. The largest absolute Gasteiger partial charge is 0.344 e. The minimum absolute atomic E-state index is 0.0148. The van der Waals surface area contributed by atoms with Crippen LogP contribution in [-0.4, -0.2) is 22.8 Å². The van der Waals surface area contributed by atoms with Crippen molar-refractivity contribution >= 4 is 28.3 Å². The third kappa shape index (κ3) is 4.60. The van der Waals surface area contributed by atoms with Crippen molar-refractivity contribution in [2.75, 3.05) is 5.32 Å². The molecule has 6 heteroatoms. The number of aromatic nitrogens is 1. The molecule has 1 saturated carbocycles. The maximum Gasteiger partial charge on any atom is 0.248 e. The van der Waals surface area contributed by atoms with Gasteiger partial charge in [-0.2, -0.15) is 0 Å². The van der Waals surface area contributed by atoms with Crippen molar-refractivity contribution < 1.29 is 9.59 Å². The van der Waals surface area contributed by atoms with Gasteiger partial charge in [0.1, 0.15) is 6.04 Å². The predicted molar refractivity (Wildman–Crippen MR) is 101 cm³/mol. The van der Waals surface area contributed by atoms with Crippen LogP contribution in [0.2, 0.25) is 0 Å². The number of carbonyl (C=O) groups excluding carboxylic acids is 2. The van der Waals surface area contributed by atoms with Crippen molar-refractivity contribution in [3.8, 4) is 0 Å². The molecule has 2 aliphatic rings. The lowest BCUT2D eigenvalue weighted by Crippen LogP contribution is -2.43. The molecule has 0 radical (unpaired) electrons. The maximum atomic E-state index is 12.4. The molecule has 0 spiro atoms. The number of thiazole rings is 1. The van der Waals surface area contributed by atoms with Gasteiger partial charge >= 0.3 is 0 Å². The Morgan fingerprint density at radius 1 is 1.28 bits per heavy atom. The lowest BCUT2D eigenvalue weighted by atomic mass is 9.88. The van der Waals surface area contributed by atoms with Gasteiger partial charge in [-0.05, 0) is 44.9 Å². The molecule has 0 bridgehead atoms. The lowest BCUT2D eigenvalue weighted by Gasteiger charge is -2.19. The quantitative estimate of drug-likeness (QED) is 0.810. The minimum atomic E-state index is -0.526. The van der Waals surface area contributed by atoms with Crippen molar-refractivity contribution in [3.63, 3.8) is 0 Å². The average Bonchev–Trinajstić information content (AvgIpc) is 3.23. The first-order valence-electron chi connectivity index (χ1n) is 9.66. The number of carbonyl (C=O) groups is 2. The van der Waals surface area contributed by atoms with E-state index in [4.69, 9.17) is 0 Å². The maximum absolute atomic E-state index is 12.4. The Morgan fingerprint density at radius 2 is 2.04 bits per heavy atom. The molecule has 2 aliphatic carbocycles. The van der Waals surface area contributed by atoms with E-state index in [0.29, 0.717) is 5.13 Å². The smallest absolute Gasteiger partial charge is 0.248 e. The summed E-state index contributed by atoms with van der Waals surface area (Å²) < 4.78 is 0. The molecule has 1 aromatic heterocycles. The Bertz CT molecular complexity index is 622. The van der Waals surface area contributed by atoms with Gasteiger partial charge in [-0.3, -0.25) is 9.59 Å². The second-order valence-corrected chi connectivity index (χ2v) is 8.57. The van der Waals surface area contributed by atoms with Gasteiger partial charge in [0, 0.05) is 10.8 Å². The van der Waals surface area contributed by atoms with E-state index < -0.39 is 6.04 Å². The summed E-state index contributed by atoms with van der Waals surface area (Å²) in [4.78, 5) is 30.5. The van der Waals surface area contributed by atoms with Crippen LogP contribution < -0.4 is 10.6 Å². The Hall–Kier alpha value is -1.43. The molecule has 1 fully saturated rings. The molecule has 3 rings (SSSR count). The molecule has 2 amide bonds. The first-order valence-corrected chi connectivity index (χ1v) is 10.5. The molecule has 138 valence electrons. The van der Waals surface area contributed by atoms with Crippen molar-refractivity contribution in [2.24, 2.45) is 11.8 Å². The number of anilines is 1. The Kier molecular flexibility index (Phi) is 6.10. The highest BCUT2D eigenvalue weighted by atomic mass is 32.1. The van der Waals surface area contributed by atoms with Crippen LogP contribution in [0.4, 0.5) is 5.13 Å². The summed E-state index contributed by atoms with van der Waals surface area (Å²) in [5.74, 6) is 0.674. The molecule has 1 heterocycles. The number of aryl methyl sites for hydroxylation is 1.